The molecule has 2 aromatic carbocycles. The molecule has 0 aliphatic carbocycles. The van der Waals surface area contributed by atoms with Gasteiger partial charge in [0, 0.05) is 0 Å². The molecule has 1 aliphatic rings. The van der Waals surface area contributed by atoms with Crippen molar-refractivity contribution >= 4 is 43.6 Å². The molecule has 0 atom stereocenters. The first-order valence-corrected chi connectivity index (χ1v) is 10.2. The van der Waals surface area contributed by atoms with Gasteiger partial charge in [0.25, 0.3) is 0 Å². The van der Waals surface area contributed by atoms with Crippen LogP contribution in [0.4, 0.5) is 11.4 Å². The number of hydrogen-bond donors (Lipinski definition) is 1. The third-order valence-corrected chi connectivity index (χ3v) is 10.1. The van der Waals surface area contributed by atoms with Crippen LogP contribution in [0.2, 0.25) is 0 Å². The molecule has 1 aliphatic heterocycles. The normalized spacial score (nSPS) is 13.1. The van der Waals surface area contributed by atoms with Crippen molar-refractivity contribution in [3.05, 3.63) is 48.5 Å². The van der Waals surface area contributed by atoms with E-state index in [0.717, 1.165) is 11.4 Å². The van der Waals surface area contributed by atoms with Gasteiger partial charge in [-0.1, -0.05) is 0 Å². The van der Waals surface area contributed by atoms with Crippen LogP contribution in [0, 0.1) is 10.7 Å². The summed E-state index contributed by atoms with van der Waals surface area (Å²) in [6, 6.07) is 16.6. The van der Waals surface area contributed by atoms with E-state index in [1.54, 1.807) is 0 Å². The predicted octanol–water partition coefficient (Wildman–Crippen LogP) is 2.06. The average molecular weight is 300 g/mol. The molecule has 0 unspecified atom stereocenters. The molecule has 0 bridgehead atoms. The van der Waals surface area contributed by atoms with E-state index in [0.29, 0.717) is 0 Å². The predicted molar refractivity (Wildman–Crippen MR) is 74.4 cm³/mol. The summed E-state index contributed by atoms with van der Waals surface area (Å²) < 4.78 is 2.65. The van der Waals surface area contributed by atoms with E-state index >= 15 is 0 Å². The van der Waals surface area contributed by atoms with Crippen LogP contribution in [0.15, 0.2) is 48.5 Å². The van der Waals surface area contributed by atoms with Crippen LogP contribution in [0.25, 0.3) is 0 Å². The summed E-state index contributed by atoms with van der Waals surface area (Å²) in [5.74, 6) is 0. The zero-order valence-corrected chi connectivity index (χ0v) is 11.6. The fraction of sp³-hybridized carbons (Fsp3) is 0. The molecule has 3 rings (SSSR count). The minimum atomic E-state index is -1.51. The van der Waals surface area contributed by atoms with E-state index in [1.807, 2.05) is 24.3 Å². The van der Waals surface area contributed by atoms with Gasteiger partial charge in [-0.2, -0.15) is 0 Å². The number of rotatable bonds is 1. The summed E-state index contributed by atoms with van der Waals surface area (Å²) in [6.07, 6.45) is 0. The van der Waals surface area contributed by atoms with Crippen LogP contribution < -0.4 is 14.0 Å². The summed E-state index contributed by atoms with van der Waals surface area (Å²) in [5, 5.41) is 14.7. The quantitative estimate of drug-likeness (QED) is 0.647. The third kappa shape index (κ3) is 1.84. The molecule has 0 aromatic heterocycles. The number of fused-ring (bicyclic) bond motifs is 2. The van der Waals surface area contributed by atoms with Crippen molar-refractivity contribution in [2.24, 2.45) is 0 Å². The van der Waals surface area contributed by atoms with Crippen molar-refractivity contribution in [2.75, 3.05) is 5.32 Å². The molecule has 0 spiro atoms. The van der Waals surface area contributed by atoms with Crippen molar-refractivity contribution in [3.8, 4) is 5.40 Å². The molecule has 0 saturated carbocycles. The molecule has 2 aromatic rings. The van der Waals surface area contributed by atoms with Crippen LogP contribution in [-0.4, -0.2) is 13.5 Å². The Morgan fingerprint density at radius 2 is 1.47 bits per heavy atom. The Bertz CT molecular complexity index is 561. The second kappa shape index (κ2) is 4.49. The Morgan fingerprint density at radius 3 is 2.00 bits per heavy atom. The van der Waals surface area contributed by atoms with Crippen molar-refractivity contribution in [1.82, 2.24) is 0 Å². The molecule has 1 heterocycles. The summed E-state index contributed by atoms with van der Waals surface area (Å²) in [6.45, 7) is 0. The number of benzene rings is 2. The van der Waals surface area contributed by atoms with Gasteiger partial charge < -0.3 is 0 Å². The molecule has 17 heavy (non-hydrogen) atoms. The van der Waals surface area contributed by atoms with Gasteiger partial charge in [-0.25, -0.2) is 0 Å². The van der Waals surface area contributed by atoms with E-state index < -0.39 is 13.5 Å². The van der Waals surface area contributed by atoms with E-state index in [4.69, 9.17) is 5.26 Å². The standard InChI is InChI=1S/C13H9AsN2S/c15-9-17-14-10-5-1-3-7-12(10)16-13-8-4-2-6-11(13)14/h1-8,16H. The number of hydrogen-bond acceptors (Lipinski definition) is 3. The van der Waals surface area contributed by atoms with Gasteiger partial charge in [-0.15, -0.1) is 0 Å². The molecule has 4 heteroatoms. The first-order valence-electron chi connectivity index (χ1n) is 5.21. The average Bonchev–Trinajstić information content (AvgIpc) is 2.39. The number of nitrogens with one attached hydrogen (secondary N) is 1. The van der Waals surface area contributed by atoms with E-state index in [9.17, 15) is 0 Å². The van der Waals surface area contributed by atoms with E-state index in [1.165, 1.54) is 18.7 Å². The molecular formula is C13H9AsN2S. The summed E-state index contributed by atoms with van der Waals surface area (Å²) in [4.78, 5) is 0. The van der Waals surface area contributed by atoms with Gasteiger partial charge in [0.2, 0.25) is 0 Å². The molecule has 0 saturated heterocycles. The van der Waals surface area contributed by atoms with Crippen LogP contribution in [0.3, 0.4) is 0 Å². The van der Waals surface area contributed by atoms with Crippen LogP contribution >= 0.6 is 10.0 Å². The topological polar surface area (TPSA) is 35.8 Å². The Morgan fingerprint density at radius 1 is 0.941 bits per heavy atom. The molecule has 0 amide bonds. The second-order valence-corrected chi connectivity index (χ2v) is 10.3. The second-order valence-electron chi connectivity index (χ2n) is 3.64. The fourth-order valence-corrected chi connectivity index (χ4v) is 8.55. The number of thiocyanates is 1. The molecule has 0 radical (unpaired) electrons. The number of nitriles is 1. The fourth-order valence-electron chi connectivity index (χ4n) is 1.93. The minimum absolute atomic E-state index is 1.16. The maximum absolute atomic E-state index is 9.00. The van der Waals surface area contributed by atoms with Crippen molar-refractivity contribution < 1.29 is 0 Å². The molecule has 1 N–H and O–H groups in total. The van der Waals surface area contributed by atoms with Crippen molar-refractivity contribution in [2.45, 2.75) is 0 Å². The zero-order valence-electron chi connectivity index (χ0n) is 8.92. The molecule has 2 nitrogen and oxygen atoms in total. The van der Waals surface area contributed by atoms with E-state index in [-0.39, 0.29) is 0 Å². The third-order valence-electron chi connectivity index (χ3n) is 2.65. The summed E-state index contributed by atoms with van der Waals surface area (Å²) in [7, 11) is 1.45. The molecule has 0 fully saturated rings. The van der Waals surface area contributed by atoms with E-state index in [2.05, 4.69) is 35.0 Å². The Kier molecular flexibility index (Phi) is 2.84. The maximum atomic E-state index is 9.00. The number of nitrogens with zero attached hydrogens (tertiary/aromatic N) is 1. The molecular weight excluding hydrogens is 291 g/mol. The summed E-state index contributed by atoms with van der Waals surface area (Å²) in [5.41, 5.74) is 2.32. The van der Waals surface area contributed by atoms with Gasteiger partial charge in [0.15, 0.2) is 0 Å². The van der Waals surface area contributed by atoms with Gasteiger partial charge in [-0.3, -0.25) is 0 Å². The first-order chi connectivity index (χ1) is 8.40. The van der Waals surface area contributed by atoms with Crippen molar-refractivity contribution in [1.29, 1.82) is 5.26 Å². The van der Waals surface area contributed by atoms with Crippen LogP contribution in [0.1, 0.15) is 0 Å². The van der Waals surface area contributed by atoms with Crippen LogP contribution in [-0.2, 0) is 0 Å². The zero-order chi connectivity index (χ0) is 11.7. The SMILES string of the molecule is N#CS[As]1c2ccccc2Nc2ccccc21. The van der Waals surface area contributed by atoms with Gasteiger partial charge in [0.05, 0.1) is 0 Å². The van der Waals surface area contributed by atoms with Crippen molar-refractivity contribution in [3.63, 3.8) is 0 Å². The Labute approximate surface area is 108 Å². The molecule has 82 valence electrons. The van der Waals surface area contributed by atoms with Gasteiger partial charge >= 0.3 is 108 Å². The Balaban J connectivity index is 2.18. The summed E-state index contributed by atoms with van der Waals surface area (Å²) >= 11 is -1.51. The van der Waals surface area contributed by atoms with Crippen LogP contribution in [0.5, 0.6) is 0 Å². The van der Waals surface area contributed by atoms with Gasteiger partial charge in [-0.05, 0) is 0 Å². The Hall–Kier alpha value is -1.36. The number of anilines is 2. The van der Waals surface area contributed by atoms with Gasteiger partial charge in [0.1, 0.15) is 0 Å². The monoisotopic (exact) mass is 300 g/mol. The first kappa shape index (κ1) is 10.8. The number of para-hydroxylation sites is 2.